The Hall–Kier alpha value is -1.10. The van der Waals surface area contributed by atoms with E-state index in [0.29, 0.717) is 6.04 Å². The van der Waals surface area contributed by atoms with Gasteiger partial charge in [0.1, 0.15) is 0 Å². The number of aryl methyl sites for hydroxylation is 1. The lowest BCUT2D eigenvalue weighted by Gasteiger charge is -2.26. The zero-order chi connectivity index (χ0) is 13.9. The number of nitrogens with zero attached hydrogens (tertiary/aromatic N) is 2. The van der Waals surface area contributed by atoms with Crippen molar-refractivity contribution in [1.82, 2.24) is 14.6 Å². The summed E-state index contributed by atoms with van der Waals surface area (Å²) in [6, 6.07) is 7.09. The molecule has 1 aromatic heterocycles. The molecule has 0 amide bonds. The Bertz CT molecular complexity index is 599. The molecule has 1 saturated heterocycles. The number of pyridine rings is 1. The van der Waals surface area contributed by atoms with Crippen molar-refractivity contribution in [3.8, 4) is 0 Å². The fourth-order valence-electron chi connectivity index (χ4n) is 2.66. The van der Waals surface area contributed by atoms with Crippen LogP contribution in [0.4, 0.5) is 0 Å². The zero-order valence-electron chi connectivity index (χ0n) is 12.1. The molecule has 0 unspecified atom stereocenters. The van der Waals surface area contributed by atoms with Crippen molar-refractivity contribution in [1.29, 1.82) is 0 Å². The Kier molecular flexibility index (Phi) is 4.24. The third-order valence-electron chi connectivity index (χ3n) is 3.92. The van der Waals surface area contributed by atoms with E-state index in [1.54, 1.807) is 0 Å². The summed E-state index contributed by atoms with van der Waals surface area (Å²) in [6.07, 6.45) is 5.03. The van der Waals surface area contributed by atoms with Crippen LogP contribution in [0.2, 0.25) is 0 Å². The highest BCUT2D eigenvalue weighted by Crippen LogP contribution is 2.32. The summed E-state index contributed by atoms with van der Waals surface area (Å²) in [5.74, 6) is 0. The Morgan fingerprint density at radius 1 is 1.35 bits per heavy atom. The molecule has 1 N–H and O–H groups in total. The summed E-state index contributed by atoms with van der Waals surface area (Å²) < 4.78 is 2.51. The SMILES string of the molecule is Cc1c(SN2CCCNC[C@@H]2C)ccc2cnccc12. The molecule has 2 aromatic rings. The van der Waals surface area contributed by atoms with Gasteiger partial charge in [-0.15, -0.1) is 0 Å². The molecule has 3 rings (SSSR count). The highest BCUT2D eigenvalue weighted by atomic mass is 32.2. The van der Waals surface area contributed by atoms with Gasteiger partial charge in [-0.25, -0.2) is 4.31 Å². The van der Waals surface area contributed by atoms with Crippen LogP contribution in [0.3, 0.4) is 0 Å². The molecular formula is C16H21N3S. The number of hydrogen-bond acceptors (Lipinski definition) is 4. The van der Waals surface area contributed by atoms with E-state index in [2.05, 4.69) is 46.7 Å². The number of nitrogens with one attached hydrogen (secondary N) is 1. The molecule has 2 heterocycles. The molecule has 106 valence electrons. The topological polar surface area (TPSA) is 28.2 Å². The lowest BCUT2D eigenvalue weighted by Crippen LogP contribution is -2.32. The summed E-state index contributed by atoms with van der Waals surface area (Å²) in [5.41, 5.74) is 1.36. The van der Waals surface area contributed by atoms with Crippen molar-refractivity contribution in [2.45, 2.75) is 31.2 Å². The summed E-state index contributed by atoms with van der Waals surface area (Å²) in [6.45, 7) is 7.86. The first-order valence-electron chi connectivity index (χ1n) is 7.24. The van der Waals surface area contributed by atoms with E-state index in [9.17, 15) is 0 Å². The van der Waals surface area contributed by atoms with Crippen LogP contribution in [0.5, 0.6) is 0 Å². The van der Waals surface area contributed by atoms with Gasteiger partial charge in [-0.1, -0.05) is 6.07 Å². The Labute approximate surface area is 124 Å². The standard InChI is InChI=1S/C16H21N3S/c1-12-10-17-7-3-9-19(12)20-16-5-4-14-11-18-8-6-15(14)13(16)2/h4-6,8,11-12,17H,3,7,9-10H2,1-2H3/t12-/m0/s1. The first-order valence-corrected chi connectivity index (χ1v) is 8.01. The lowest BCUT2D eigenvalue weighted by atomic mass is 10.1. The molecule has 0 saturated carbocycles. The molecule has 0 bridgehead atoms. The zero-order valence-corrected chi connectivity index (χ0v) is 12.9. The summed E-state index contributed by atoms with van der Waals surface area (Å²) in [5, 5.41) is 6.03. The minimum Gasteiger partial charge on any atom is -0.315 e. The number of aromatic nitrogens is 1. The van der Waals surface area contributed by atoms with E-state index in [1.807, 2.05) is 24.3 Å². The van der Waals surface area contributed by atoms with E-state index in [-0.39, 0.29) is 0 Å². The summed E-state index contributed by atoms with van der Waals surface area (Å²) in [4.78, 5) is 5.56. The van der Waals surface area contributed by atoms with Gasteiger partial charge in [0, 0.05) is 41.8 Å². The Morgan fingerprint density at radius 3 is 3.15 bits per heavy atom. The first-order chi connectivity index (χ1) is 9.75. The van der Waals surface area contributed by atoms with Gasteiger partial charge in [0.25, 0.3) is 0 Å². The van der Waals surface area contributed by atoms with Crippen molar-refractivity contribution >= 4 is 22.7 Å². The van der Waals surface area contributed by atoms with Crippen molar-refractivity contribution in [2.24, 2.45) is 0 Å². The van der Waals surface area contributed by atoms with Crippen LogP contribution >= 0.6 is 11.9 Å². The number of benzene rings is 1. The van der Waals surface area contributed by atoms with Gasteiger partial charge in [0.15, 0.2) is 0 Å². The van der Waals surface area contributed by atoms with Crippen LogP contribution in [0.15, 0.2) is 35.5 Å². The van der Waals surface area contributed by atoms with Gasteiger partial charge in [-0.3, -0.25) is 4.98 Å². The van der Waals surface area contributed by atoms with Gasteiger partial charge >= 0.3 is 0 Å². The largest absolute Gasteiger partial charge is 0.315 e. The monoisotopic (exact) mass is 287 g/mol. The van der Waals surface area contributed by atoms with E-state index in [4.69, 9.17) is 0 Å². The van der Waals surface area contributed by atoms with E-state index in [0.717, 1.165) is 19.6 Å². The minimum atomic E-state index is 0.565. The van der Waals surface area contributed by atoms with Crippen LogP contribution in [-0.2, 0) is 0 Å². The van der Waals surface area contributed by atoms with Crippen molar-refractivity contribution in [2.75, 3.05) is 19.6 Å². The molecule has 1 aliphatic heterocycles. The minimum absolute atomic E-state index is 0.565. The Balaban J connectivity index is 1.88. The molecule has 4 heteroatoms. The molecule has 1 aliphatic rings. The first kappa shape index (κ1) is 13.9. The van der Waals surface area contributed by atoms with Crippen LogP contribution in [-0.4, -0.2) is 35.0 Å². The van der Waals surface area contributed by atoms with E-state index in [1.165, 1.54) is 27.7 Å². The molecule has 1 fully saturated rings. The second-order valence-corrected chi connectivity index (χ2v) is 6.52. The average molecular weight is 287 g/mol. The molecule has 20 heavy (non-hydrogen) atoms. The fourth-order valence-corrected chi connectivity index (χ4v) is 3.76. The van der Waals surface area contributed by atoms with Crippen molar-refractivity contribution in [3.63, 3.8) is 0 Å². The molecule has 0 radical (unpaired) electrons. The predicted octanol–water partition coefficient (Wildman–Crippen LogP) is 3.23. The van der Waals surface area contributed by atoms with Crippen molar-refractivity contribution in [3.05, 3.63) is 36.2 Å². The third kappa shape index (κ3) is 2.82. The summed E-state index contributed by atoms with van der Waals surface area (Å²) in [7, 11) is 0. The Morgan fingerprint density at radius 2 is 2.25 bits per heavy atom. The van der Waals surface area contributed by atoms with E-state index >= 15 is 0 Å². The quantitative estimate of drug-likeness (QED) is 0.858. The van der Waals surface area contributed by atoms with Crippen LogP contribution in [0, 0.1) is 6.92 Å². The normalized spacial score (nSPS) is 21.0. The molecular weight excluding hydrogens is 266 g/mol. The van der Waals surface area contributed by atoms with Gasteiger partial charge < -0.3 is 5.32 Å². The lowest BCUT2D eigenvalue weighted by molar-refractivity contribution is 0.394. The second-order valence-electron chi connectivity index (χ2n) is 5.42. The van der Waals surface area contributed by atoms with Gasteiger partial charge in [-0.2, -0.15) is 0 Å². The predicted molar refractivity (Wildman–Crippen MR) is 86.0 cm³/mol. The number of fused-ring (bicyclic) bond motifs is 1. The molecule has 3 nitrogen and oxygen atoms in total. The molecule has 1 aromatic carbocycles. The maximum Gasteiger partial charge on any atom is 0.0346 e. The highest BCUT2D eigenvalue weighted by Gasteiger charge is 2.18. The fraction of sp³-hybridized carbons (Fsp3) is 0.438. The van der Waals surface area contributed by atoms with Crippen molar-refractivity contribution < 1.29 is 0 Å². The maximum absolute atomic E-state index is 4.20. The third-order valence-corrected chi connectivity index (χ3v) is 5.33. The highest BCUT2D eigenvalue weighted by molar-refractivity contribution is 7.97. The van der Waals surface area contributed by atoms with Gasteiger partial charge in [0.2, 0.25) is 0 Å². The van der Waals surface area contributed by atoms with Crippen LogP contribution in [0.1, 0.15) is 18.9 Å². The average Bonchev–Trinajstić information content (AvgIpc) is 2.67. The second kappa shape index (κ2) is 6.12. The van der Waals surface area contributed by atoms with Gasteiger partial charge in [0.05, 0.1) is 0 Å². The number of hydrogen-bond donors (Lipinski definition) is 1. The maximum atomic E-state index is 4.20. The van der Waals surface area contributed by atoms with E-state index < -0.39 is 0 Å². The van der Waals surface area contributed by atoms with Crippen LogP contribution < -0.4 is 5.32 Å². The molecule has 1 atom stereocenters. The summed E-state index contributed by atoms with van der Waals surface area (Å²) >= 11 is 1.90. The molecule has 0 spiro atoms. The number of rotatable bonds is 2. The van der Waals surface area contributed by atoms with Gasteiger partial charge in [-0.05, 0) is 61.8 Å². The molecule has 0 aliphatic carbocycles. The van der Waals surface area contributed by atoms with Crippen LogP contribution in [0.25, 0.3) is 10.8 Å². The smallest absolute Gasteiger partial charge is 0.0346 e.